The Morgan fingerprint density at radius 2 is 1.91 bits per heavy atom. The zero-order chi connectivity index (χ0) is 15.7. The molecular weight excluding hydrogens is 282 g/mol. The van der Waals surface area contributed by atoms with Gasteiger partial charge in [-0.3, -0.25) is 14.5 Å². The predicted octanol–water partition coefficient (Wildman–Crippen LogP) is 0.0339. The minimum Gasteiger partial charge on any atom is -0.379 e. The van der Waals surface area contributed by atoms with E-state index in [0.29, 0.717) is 24.9 Å². The van der Waals surface area contributed by atoms with Crippen molar-refractivity contribution in [2.45, 2.75) is 25.8 Å². The third-order valence-corrected chi connectivity index (χ3v) is 5.41. The van der Waals surface area contributed by atoms with Crippen molar-refractivity contribution < 1.29 is 14.3 Å². The molecule has 6 heteroatoms. The average molecular weight is 309 g/mol. The van der Waals surface area contributed by atoms with Gasteiger partial charge in [0.15, 0.2) is 0 Å². The Morgan fingerprint density at radius 3 is 2.59 bits per heavy atom. The summed E-state index contributed by atoms with van der Waals surface area (Å²) in [7, 11) is 1.81. The third-order valence-electron chi connectivity index (χ3n) is 5.41. The van der Waals surface area contributed by atoms with E-state index >= 15 is 0 Å². The second-order valence-corrected chi connectivity index (χ2v) is 6.94. The van der Waals surface area contributed by atoms with Crippen LogP contribution in [0.4, 0.5) is 0 Å². The van der Waals surface area contributed by atoms with E-state index in [-0.39, 0.29) is 17.7 Å². The van der Waals surface area contributed by atoms with Crippen LogP contribution in [-0.2, 0) is 14.3 Å². The van der Waals surface area contributed by atoms with Gasteiger partial charge in [-0.15, -0.1) is 0 Å². The molecule has 3 rings (SSSR count). The fraction of sp³-hybridized carbons (Fsp3) is 0.875. The number of hydrogen-bond acceptors (Lipinski definition) is 4. The van der Waals surface area contributed by atoms with Gasteiger partial charge in [-0.2, -0.15) is 0 Å². The van der Waals surface area contributed by atoms with Crippen LogP contribution in [-0.4, -0.2) is 85.5 Å². The molecule has 0 aliphatic carbocycles. The Hall–Kier alpha value is -1.14. The van der Waals surface area contributed by atoms with Crippen molar-refractivity contribution in [3.63, 3.8) is 0 Å². The van der Waals surface area contributed by atoms with Crippen molar-refractivity contribution in [1.82, 2.24) is 14.7 Å². The Bertz CT molecular complexity index is 436. The molecule has 6 nitrogen and oxygen atoms in total. The second-order valence-electron chi connectivity index (χ2n) is 6.94. The van der Waals surface area contributed by atoms with Crippen LogP contribution in [0, 0.1) is 11.8 Å². The van der Waals surface area contributed by atoms with Crippen LogP contribution >= 0.6 is 0 Å². The van der Waals surface area contributed by atoms with Crippen molar-refractivity contribution in [2.75, 3.05) is 53.0 Å². The molecule has 124 valence electrons. The van der Waals surface area contributed by atoms with Crippen molar-refractivity contribution in [3.05, 3.63) is 0 Å². The van der Waals surface area contributed by atoms with E-state index in [1.54, 1.807) is 4.90 Å². The summed E-state index contributed by atoms with van der Waals surface area (Å²) < 4.78 is 5.42. The molecule has 2 amide bonds. The van der Waals surface area contributed by atoms with Gasteiger partial charge in [0.2, 0.25) is 11.8 Å². The lowest BCUT2D eigenvalue weighted by molar-refractivity contribution is -0.143. The summed E-state index contributed by atoms with van der Waals surface area (Å²) in [5, 5.41) is 0. The maximum Gasteiger partial charge on any atom is 0.226 e. The molecule has 0 bridgehead atoms. The summed E-state index contributed by atoms with van der Waals surface area (Å²) in [5.41, 5.74) is 0. The van der Waals surface area contributed by atoms with E-state index in [0.717, 1.165) is 45.8 Å². The zero-order valence-electron chi connectivity index (χ0n) is 13.7. The predicted molar refractivity (Wildman–Crippen MR) is 82.3 cm³/mol. The van der Waals surface area contributed by atoms with E-state index in [4.69, 9.17) is 4.74 Å². The summed E-state index contributed by atoms with van der Waals surface area (Å²) in [4.78, 5) is 30.8. The van der Waals surface area contributed by atoms with Gasteiger partial charge in [-0.25, -0.2) is 0 Å². The number of nitrogens with zero attached hydrogens (tertiary/aromatic N) is 3. The van der Waals surface area contributed by atoms with E-state index in [9.17, 15) is 9.59 Å². The quantitative estimate of drug-likeness (QED) is 0.722. The van der Waals surface area contributed by atoms with Gasteiger partial charge in [0.25, 0.3) is 0 Å². The molecule has 0 saturated carbocycles. The van der Waals surface area contributed by atoms with E-state index in [1.807, 2.05) is 11.9 Å². The molecule has 3 aliphatic rings. The molecule has 3 heterocycles. The summed E-state index contributed by atoms with van der Waals surface area (Å²) in [5.74, 6) is 0.661. The van der Waals surface area contributed by atoms with Crippen molar-refractivity contribution in [3.8, 4) is 0 Å². The van der Waals surface area contributed by atoms with Crippen LogP contribution in [0.5, 0.6) is 0 Å². The van der Waals surface area contributed by atoms with Gasteiger partial charge >= 0.3 is 0 Å². The number of morpholine rings is 1. The Balaban J connectivity index is 1.59. The van der Waals surface area contributed by atoms with Gasteiger partial charge in [-0.1, -0.05) is 6.92 Å². The standard InChI is InChI=1S/C16H27N3O3/c1-12-10-19(11-14(12)18-5-7-22-8-6-18)16(21)13-3-4-17(2)15(20)9-13/h12-14H,3-11H2,1-2H3/t12-,13-,14-/m1/s1. The van der Waals surface area contributed by atoms with Crippen LogP contribution in [0.25, 0.3) is 0 Å². The van der Waals surface area contributed by atoms with Gasteiger partial charge in [0.1, 0.15) is 0 Å². The van der Waals surface area contributed by atoms with Gasteiger partial charge in [0.05, 0.1) is 13.2 Å². The SMILES string of the molecule is C[C@@H]1CN(C(=O)[C@@H]2CCN(C)C(=O)C2)C[C@H]1N1CCOCC1. The number of carbonyl (C=O) groups is 2. The lowest BCUT2D eigenvalue weighted by Crippen LogP contribution is -2.47. The number of likely N-dealkylation sites (tertiary alicyclic amines) is 2. The second kappa shape index (κ2) is 6.54. The first-order chi connectivity index (χ1) is 10.6. The van der Waals surface area contributed by atoms with Crippen LogP contribution in [0.3, 0.4) is 0 Å². The molecule has 0 radical (unpaired) electrons. The van der Waals surface area contributed by atoms with Gasteiger partial charge in [0, 0.05) is 58.2 Å². The van der Waals surface area contributed by atoms with E-state index in [2.05, 4.69) is 11.8 Å². The highest BCUT2D eigenvalue weighted by Gasteiger charge is 2.39. The molecule has 0 aromatic rings. The topological polar surface area (TPSA) is 53.1 Å². The smallest absolute Gasteiger partial charge is 0.226 e. The summed E-state index contributed by atoms with van der Waals surface area (Å²) in [6, 6.07) is 0.440. The van der Waals surface area contributed by atoms with Crippen molar-refractivity contribution >= 4 is 11.8 Å². The number of piperidine rings is 1. The highest BCUT2D eigenvalue weighted by molar-refractivity contribution is 5.87. The number of rotatable bonds is 2. The van der Waals surface area contributed by atoms with Crippen LogP contribution in [0.1, 0.15) is 19.8 Å². The fourth-order valence-electron chi connectivity index (χ4n) is 3.93. The molecule has 0 unspecified atom stereocenters. The minimum absolute atomic E-state index is 0.0987. The minimum atomic E-state index is -0.112. The normalized spacial score (nSPS) is 34.3. The largest absolute Gasteiger partial charge is 0.379 e. The number of amides is 2. The molecule has 3 atom stereocenters. The highest BCUT2D eigenvalue weighted by atomic mass is 16.5. The van der Waals surface area contributed by atoms with Gasteiger partial charge < -0.3 is 14.5 Å². The molecule has 3 saturated heterocycles. The van der Waals surface area contributed by atoms with Crippen LogP contribution in [0.15, 0.2) is 0 Å². The Labute approximate surface area is 132 Å². The molecule has 0 aromatic carbocycles. The Kier molecular flexibility index (Phi) is 4.68. The molecule has 3 fully saturated rings. The first-order valence-electron chi connectivity index (χ1n) is 8.41. The summed E-state index contributed by atoms with van der Waals surface area (Å²) in [6.07, 6.45) is 1.18. The molecule has 3 aliphatic heterocycles. The first-order valence-corrected chi connectivity index (χ1v) is 8.41. The zero-order valence-corrected chi connectivity index (χ0v) is 13.7. The maximum atomic E-state index is 12.7. The summed E-state index contributed by atoms with van der Waals surface area (Å²) in [6.45, 7) is 8.06. The molecular formula is C16H27N3O3. The lowest BCUT2D eigenvalue weighted by atomic mass is 9.95. The van der Waals surface area contributed by atoms with Crippen LogP contribution < -0.4 is 0 Å². The van der Waals surface area contributed by atoms with Crippen LogP contribution in [0.2, 0.25) is 0 Å². The molecule has 0 N–H and O–H groups in total. The lowest BCUT2D eigenvalue weighted by Gasteiger charge is -2.34. The number of ether oxygens (including phenoxy) is 1. The Morgan fingerprint density at radius 1 is 1.18 bits per heavy atom. The maximum absolute atomic E-state index is 12.7. The molecule has 0 aromatic heterocycles. The van der Waals surface area contributed by atoms with Crippen molar-refractivity contribution in [1.29, 1.82) is 0 Å². The highest BCUT2D eigenvalue weighted by Crippen LogP contribution is 2.27. The first kappa shape index (κ1) is 15.7. The van der Waals surface area contributed by atoms with E-state index < -0.39 is 0 Å². The third kappa shape index (κ3) is 3.13. The monoisotopic (exact) mass is 309 g/mol. The number of hydrogen-bond donors (Lipinski definition) is 0. The summed E-state index contributed by atoms with van der Waals surface area (Å²) >= 11 is 0. The van der Waals surface area contributed by atoms with Crippen molar-refractivity contribution in [2.24, 2.45) is 11.8 Å². The van der Waals surface area contributed by atoms with E-state index in [1.165, 1.54) is 0 Å². The fourth-order valence-corrected chi connectivity index (χ4v) is 3.93. The molecule has 0 spiro atoms. The molecule has 22 heavy (non-hydrogen) atoms. The van der Waals surface area contributed by atoms with Gasteiger partial charge in [-0.05, 0) is 12.3 Å². The average Bonchev–Trinajstić information content (AvgIpc) is 2.92. The number of carbonyl (C=O) groups excluding carboxylic acids is 2.